The van der Waals surface area contributed by atoms with Gasteiger partial charge in [-0.15, -0.1) is 0 Å². The molecule has 2 N–H and O–H groups in total. The molecule has 0 saturated heterocycles. The number of sulfonamides is 1. The summed E-state index contributed by atoms with van der Waals surface area (Å²) >= 11 is 0. The Morgan fingerprint density at radius 2 is 1.70 bits per heavy atom. The average molecular weight is 424 g/mol. The number of benzene rings is 2. The summed E-state index contributed by atoms with van der Waals surface area (Å²) in [5.41, 5.74) is 2.46. The molecule has 0 radical (unpaired) electrons. The van der Waals surface area contributed by atoms with Crippen LogP contribution in [0.15, 0.2) is 72.4 Å². The fourth-order valence-corrected chi connectivity index (χ4v) is 3.49. The number of hydrogen-bond donors (Lipinski definition) is 1. The molecule has 0 atom stereocenters. The van der Waals surface area contributed by atoms with Gasteiger partial charge < -0.3 is 9.47 Å². The van der Waals surface area contributed by atoms with Crippen LogP contribution in [0.1, 0.15) is 15.9 Å². The van der Waals surface area contributed by atoms with E-state index in [0.717, 1.165) is 11.1 Å². The number of primary sulfonamides is 1. The number of methoxy groups -OCH3 is 2. The van der Waals surface area contributed by atoms with Gasteiger partial charge in [-0.25, -0.2) is 13.6 Å². The highest BCUT2D eigenvalue weighted by atomic mass is 32.2. The SMILES string of the molecule is C=C(C(=O)c1ccc(S(N)(=O)=O)cc1)c1cc(-c2cccnc2)c(OC)cc1OC. The summed E-state index contributed by atoms with van der Waals surface area (Å²) in [6, 6.07) is 12.5. The second kappa shape index (κ2) is 8.48. The molecule has 0 amide bonds. The molecule has 0 bridgehead atoms. The van der Waals surface area contributed by atoms with E-state index in [1.54, 1.807) is 37.7 Å². The number of carbonyl (C=O) groups excluding carboxylic acids is 1. The molecule has 1 aromatic heterocycles. The van der Waals surface area contributed by atoms with Crippen molar-refractivity contribution in [1.82, 2.24) is 4.98 Å². The second-order valence-electron chi connectivity index (χ2n) is 6.37. The van der Waals surface area contributed by atoms with Crippen LogP contribution in [0.4, 0.5) is 0 Å². The molecule has 7 nitrogen and oxygen atoms in total. The molecule has 0 unspecified atom stereocenters. The monoisotopic (exact) mass is 424 g/mol. The maximum Gasteiger partial charge on any atom is 0.238 e. The Morgan fingerprint density at radius 3 is 2.23 bits per heavy atom. The number of nitrogens with zero attached hydrogens (tertiary/aromatic N) is 1. The van der Waals surface area contributed by atoms with E-state index in [1.165, 1.54) is 31.4 Å². The van der Waals surface area contributed by atoms with Crippen LogP contribution >= 0.6 is 0 Å². The van der Waals surface area contributed by atoms with Crippen molar-refractivity contribution in [2.24, 2.45) is 5.14 Å². The average Bonchev–Trinajstić information content (AvgIpc) is 2.77. The predicted molar refractivity (Wildman–Crippen MR) is 114 cm³/mol. The summed E-state index contributed by atoms with van der Waals surface area (Å²) in [5.74, 6) is 0.594. The fraction of sp³-hybridized carbons (Fsp3) is 0.0909. The molecule has 0 fully saturated rings. The quantitative estimate of drug-likeness (QED) is 0.460. The number of ether oxygens (including phenoxy) is 2. The Hall–Kier alpha value is -3.49. The van der Waals surface area contributed by atoms with Crippen molar-refractivity contribution < 1.29 is 22.7 Å². The van der Waals surface area contributed by atoms with Crippen LogP contribution < -0.4 is 14.6 Å². The summed E-state index contributed by atoms with van der Waals surface area (Å²) < 4.78 is 33.8. The zero-order chi connectivity index (χ0) is 21.9. The molecule has 3 rings (SSSR count). The van der Waals surface area contributed by atoms with Gasteiger partial charge in [-0.3, -0.25) is 9.78 Å². The van der Waals surface area contributed by atoms with E-state index in [0.29, 0.717) is 17.1 Å². The largest absolute Gasteiger partial charge is 0.496 e. The van der Waals surface area contributed by atoms with Gasteiger partial charge in [0.2, 0.25) is 10.0 Å². The molecular weight excluding hydrogens is 404 g/mol. The van der Waals surface area contributed by atoms with Gasteiger partial charge in [0.1, 0.15) is 11.5 Å². The normalized spacial score (nSPS) is 11.0. The molecular formula is C22H20N2O5S. The van der Waals surface area contributed by atoms with Crippen LogP contribution in [0.5, 0.6) is 11.5 Å². The summed E-state index contributed by atoms with van der Waals surface area (Å²) in [7, 11) is -0.816. The van der Waals surface area contributed by atoms with Crippen LogP contribution in [-0.4, -0.2) is 33.4 Å². The van der Waals surface area contributed by atoms with E-state index in [1.807, 2.05) is 6.07 Å². The number of nitrogens with two attached hydrogens (primary N) is 1. The number of Topliss-reactive ketones (excluding diaryl/α,β-unsaturated/α-hetero) is 1. The van der Waals surface area contributed by atoms with Crippen molar-refractivity contribution in [3.05, 3.63) is 78.6 Å². The third kappa shape index (κ3) is 4.24. The van der Waals surface area contributed by atoms with Gasteiger partial charge in [-0.2, -0.15) is 0 Å². The van der Waals surface area contributed by atoms with Crippen LogP contribution in [0.2, 0.25) is 0 Å². The summed E-state index contributed by atoms with van der Waals surface area (Å²) in [6.45, 7) is 3.94. The lowest BCUT2D eigenvalue weighted by Gasteiger charge is -2.16. The number of pyridine rings is 1. The minimum absolute atomic E-state index is 0.0782. The Kier molecular flexibility index (Phi) is 6.00. The smallest absolute Gasteiger partial charge is 0.238 e. The lowest BCUT2D eigenvalue weighted by atomic mass is 9.94. The molecule has 0 aliphatic rings. The van der Waals surface area contributed by atoms with Gasteiger partial charge in [-0.05, 0) is 36.4 Å². The number of hydrogen-bond acceptors (Lipinski definition) is 6. The van der Waals surface area contributed by atoms with Crippen molar-refractivity contribution in [2.45, 2.75) is 4.90 Å². The van der Waals surface area contributed by atoms with Crippen molar-refractivity contribution in [3.8, 4) is 22.6 Å². The van der Waals surface area contributed by atoms with Crippen LogP contribution in [0.25, 0.3) is 16.7 Å². The molecule has 0 aliphatic carbocycles. The summed E-state index contributed by atoms with van der Waals surface area (Å²) in [4.78, 5) is 17.0. The van der Waals surface area contributed by atoms with Gasteiger partial charge in [0.25, 0.3) is 0 Å². The Labute approximate surface area is 174 Å². The molecule has 8 heteroatoms. The third-order valence-corrected chi connectivity index (χ3v) is 5.47. The van der Waals surface area contributed by atoms with Gasteiger partial charge in [0, 0.05) is 46.3 Å². The highest BCUT2D eigenvalue weighted by Gasteiger charge is 2.20. The van der Waals surface area contributed by atoms with Crippen LogP contribution in [-0.2, 0) is 10.0 Å². The number of carbonyl (C=O) groups is 1. The summed E-state index contributed by atoms with van der Waals surface area (Å²) in [5, 5.41) is 5.11. The van der Waals surface area contributed by atoms with Gasteiger partial charge in [-0.1, -0.05) is 12.6 Å². The van der Waals surface area contributed by atoms with Crippen molar-refractivity contribution in [1.29, 1.82) is 0 Å². The Morgan fingerprint density at radius 1 is 1.03 bits per heavy atom. The third-order valence-electron chi connectivity index (χ3n) is 4.54. The molecule has 1 heterocycles. The van der Waals surface area contributed by atoms with E-state index in [9.17, 15) is 13.2 Å². The molecule has 0 aliphatic heterocycles. The molecule has 154 valence electrons. The minimum atomic E-state index is -3.85. The lowest BCUT2D eigenvalue weighted by Crippen LogP contribution is -2.12. The van der Waals surface area contributed by atoms with Crippen LogP contribution in [0, 0.1) is 0 Å². The lowest BCUT2D eigenvalue weighted by molar-refractivity contribution is 0.105. The first-order valence-corrected chi connectivity index (χ1v) is 10.3. The maximum absolute atomic E-state index is 13.0. The Bertz CT molecular complexity index is 1200. The number of ketones is 1. The van der Waals surface area contributed by atoms with Gasteiger partial charge >= 0.3 is 0 Å². The van der Waals surface area contributed by atoms with E-state index in [2.05, 4.69) is 11.6 Å². The zero-order valence-electron chi connectivity index (χ0n) is 16.5. The van der Waals surface area contributed by atoms with Crippen molar-refractivity contribution >= 4 is 21.4 Å². The zero-order valence-corrected chi connectivity index (χ0v) is 17.3. The first kappa shape index (κ1) is 21.2. The number of rotatable bonds is 7. The minimum Gasteiger partial charge on any atom is -0.496 e. The second-order valence-corrected chi connectivity index (χ2v) is 7.93. The fourth-order valence-electron chi connectivity index (χ4n) is 2.97. The molecule has 30 heavy (non-hydrogen) atoms. The highest BCUT2D eigenvalue weighted by molar-refractivity contribution is 7.89. The van der Waals surface area contributed by atoms with Crippen molar-refractivity contribution in [2.75, 3.05) is 14.2 Å². The standard InChI is InChI=1S/C22H20N2O5S/c1-14(22(25)15-6-8-17(9-7-15)30(23,26)27)18-11-19(16-5-4-10-24-13-16)21(29-3)12-20(18)28-2/h4-13H,1H2,2-3H3,(H2,23,26,27). The van der Waals surface area contributed by atoms with E-state index in [4.69, 9.17) is 14.6 Å². The first-order valence-electron chi connectivity index (χ1n) is 8.79. The molecule has 0 spiro atoms. The number of aromatic nitrogens is 1. The topological polar surface area (TPSA) is 109 Å². The van der Waals surface area contributed by atoms with Gasteiger partial charge in [0.15, 0.2) is 5.78 Å². The predicted octanol–water partition coefficient (Wildman–Crippen LogP) is 3.31. The molecule has 0 saturated carbocycles. The Balaban J connectivity index is 2.05. The summed E-state index contributed by atoms with van der Waals surface area (Å²) in [6.07, 6.45) is 3.35. The van der Waals surface area contributed by atoms with E-state index >= 15 is 0 Å². The van der Waals surface area contributed by atoms with Gasteiger partial charge in [0.05, 0.1) is 19.1 Å². The molecule has 2 aromatic carbocycles. The van der Waals surface area contributed by atoms with E-state index < -0.39 is 10.0 Å². The van der Waals surface area contributed by atoms with Crippen LogP contribution in [0.3, 0.4) is 0 Å². The molecule has 3 aromatic rings. The number of allylic oxidation sites excluding steroid dienone is 1. The maximum atomic E-state index is 13.0. The highest BCUT2D eigenvalue weighted by Crippen LogP contribution is 2.39. The van der Waals surface area contributed by atoms with E-state index in [-0.39, 0.29) is 21.8 Å². The van der Waals surface area contributed by atoms with Crippen molar-refractivity contribution in [3.63, 3.8) is 0 Å². The first-order chi connectivity index (χ1) is 14.3.